The Hall–Kier alpha value is -2.68. The van der Waals surface area contributed by atoms with Crippen LogP contribution < -0.4 is 5.73 Å². The van der Waals surface area contributed by atoms with E-state index in [-0.39, 0.29) is 23.5 Å². The zero-order valence-electron chi connectivity index (χ0n) is 16.1. The van der Waals surface area contributed by atoms with E-state index in [0.29, 0.717) is 16.1 Å². The Bertz CT molecular complexity index is 1030. The van der Waals surface area contributed by atoms with Gasteiger partial charge in [-0.2, -0.15) is 13.2 Å². The number of benzene rings is 1. The molecule has 2 aromatic rings. The molecule has 0 bridgehead atoms. The minimum Gasteiger partial charge on any atom is -0.452 e. The van der Waals surface area contributed by atoms with Crippen LogP contribution in [0, 0.1) is 12.7 Å². The minimum absolute atomic E-state index is 0.103. The fourth-order valence-electron chi connectivity index (χ4n) is 3.41. The van der Waals surface area contributed by atoms with Crippen molar-refractivity contribution in [1.82, 2.24) is 4.98 Å². The number of carbonyl (C=O) groups excluding carboxylic acids is 1. The van der Waals surface area contributed by atoms with Gasteiger partial charge in [-0.1, -0.05) is 17.7 Å². The number of ether oxygens (including phenoxy) is 1. The molecule has 3 rings (SSSR count). The number of Topliss-reactive ketones (excluding diaryl/α,β-unsaturated/α-hetero) is 1. The SMILES string of the molecule is Cc1cc(Cl)cnc1C(=O)Cc1ccc(F)c([C@]2(C)C[C@@H](C(F)(F)F)OC(N)=N2)c1. The minimum atomic E-state index is -4.69. The summed E-state index contributed by atoms with van der Waals surface area (Å²) in [6, 6.07) is 4.73. The molecule has 1 aliphatic rings. The number of amidine groups is 1. The Kier molecular flexibility index (Phi) is 5.77. The maximum atomic E-state index is 14.6. The molecule has 30 heavy (non-hydrogen) atoms. The van der Waals surface area contributed by atoms with Crippen molar-refractivity contribution in [3.05, 3.63) is 63.7 Å². The number of alkyl halides is 3. The molecule has 160 valence electrons. The largest absolute Gasteiger partial charge is 0.452 e. The van der Waals surface area contributed by atoms with Crippen molar-refractivity contribution in [3.8, 4) is 0 Å². The smallest absolute Gasteiger partial charge is 0.425 e. The summed E-state index contributed by atoms with van der Waals surface area (Å²) in [7, 11) is 0. The summed E-state index contributed by atoms with van der Waals surface area (Å²) in [4.78, 5) is 20.6. The van der Waals surface area contributed by atoms with Gasteiger partial charge in [-0.25, -0.2) is 9.38 Å². The number of aliphatic imine (C=N–C) groups is 1. The van der Waals surface area contributed by atoms with Crippen LogP contribution in [-0.2, 0) is 16.7 Å². The number of hydrogen-bond acceptors (Lipinski definition) is 5. The summed E-state index contributed by atoms with van der Waals surface area (Å²) in [5.41, 5.74) is 4.92. The Morgan fingerprint density at radius 2 is 2.07 bits per heavy atom. The van der Waals surface area contributed by atoms with Crippen LogP contribution in [0.1, 0.15) is 40.5 Å². The van der Waals surface area contributed by atoms with Crippen molar-refractivity contribution in [2.24, 2.45) is 10.7 Å². The number of nitrogens with two attached hydrogens (primary N) is 1. The highest BCUT2D eigenvalue weighted by Crippen LogP contribution is 2.41. The van der Waals surface area contributed by atoms with Gasteiger partial charge in [0, 0.05) is 24.6 Å². The zero-order chi connectivity index (χ0) is 22.3. The highest BCUT2D eigenvalue weighted by molar-refractivity contribution is 6.30. The quantitative estimate of drug-likeness (QED) is 0.558. The Morgan fingerprint density at radius 1 is 1.37 bits per heavy atom. The second-order valence-electron chi connectivity index (χ2n) is 7.31. The number of hydrogen-bond donors (Lipinski definition) is 1. The maximum Gasteiger partial charge on any atom is 0.425 e. The van der Waals surface area contributed by atoms with Crippen LogP contribution in [0.5, 0.6) is 0 Å². The lowest BCUT2D eigenvalue weighted by atomic mass is 9.84. The van der Waals surface area contributed by atoms with Gasteiger partial charge in [-0.05, 0) is 43.2 Å². The van der Waals surface area contributed by atoms with E-state index in [9.17, 15) is 22.4 Å². The first-order valence-electron chi connectivity index (χ1n) is 8.92. The monoisotopic (exact) mass is 443 g/mol. The molecule has 1 aliphatic heterocycles. The maximum absolute atomic E-state index is 14.6. The Balaban J connectivity index is 1.93. The van der Waals surface area contributed by atoms with Gasteiger partial charge in [0.2, 0.25) is 0 Å². The van der Waals surface area contributed by atoms with Crippen LogP contribution in [0.25, 0.3) is 0 Å². The van der Waals surface area contributed by atoms with E-state index in [1.165, 1.54) is 25.3 Å². The highest BCUT2D eigenvalue weighted by Gasteiger charge is 2.50. The predicted molar refractivity (Wildman–Crippen MR) is 103 cm³/mol. The lowest BCUT2D eigenvalue weighted by molar-refractivity contribution is -0.208. The number of rotatable bonds is 4. The van der Waals surface area contributed by atoms with E-state index in [2.05, 4.69) is 14.7 Å². The van der Waals surface area contributed by atoms with E-state index in [1.807, 2.05) is 0 Å². The van der Waals surface area contributed by atoms with Gasteiger partial charge in [0.1, 0.15) is 11.5 Å². The van der Waals surface area contributed by atoms with Crippen LogP contribution in [0.15, 0.2) is 35.5 Å². The molecule has 1 aromatic carbocycles. The van der Waals surface area contributed by atoms with E-state index >= 15 is 0 Å². The van der Waals surface area contributed by atoms with E-state index in [4.69, 9.17) is 17.3 Å². The van der Waals surface area contributed by atoms with Gasteiger partial charge in [-0.15, -0.1) is 0 Å². The van der Waals surface area contributed by atoms with Gasteiger partial charge >= 0.3 is 6.18 Å². The van der Waals surface area contributed by atoms with Gasteiger partial charge in [0.25, 0.3) is 6.02 Å². The lowest BCUT2D eigenvalue weighted by Gasteiger charge is -2.36. The summed E-state index contributed by atoms with van der Waals surface area (Å²) < 4.78 is 58.7. The number of halogens is 5. The van der Waals surface area contributed by atoms with E-state index < -0.39 is 36.1 Å². The molecule has 1 aromatic heterocycles. The number of ketones is 1. The first kappa shape index (κ1) is 22.0. The summed E-state index contributed by atoms with van der Waals surface area (Å²) >= 11 is 5.85. The molecular formula is C20H18ClF4N3O2. The van der Waals surface area contributed by atoms with E-state index in [1.54, 1.807) is 13.0 Å². The molecule has 2 atom stereocenters. The number of pyridine rings is 1. The van der Waals surface area contributed by atoms with Gasteiger partial charge in [0.15, 0.2) is 11.9 Å². The van der Waals surface area contributed by atoms with E-state index in [0.717, 1.165) is 6.07 Å². The topological polar surface area (TPSA) is 77.6 Å². The molecule has 0 saturated heterocycles. The molecular weight excluding hydrogens is 426 g/mol. The molecule has 0 fully saturated rings. The molecule has 0 unspecified atom stereocenters. The molecule has 5 nitrogen and oxygen atoms in total. The zero-order valence-corrected chi connectivity index (χ0v) is 16.8. The molecule has 2 N–H and O–H groups in total. The van der Waals surface area contributed by atoms with Gasteiger partial charge in [-0.3, -0.25) is 9.78 Å². The van der Waals surface area contributed by atoms with Crippen LogP contribution in [0.3, 0.4) is 0 Å². The van der Waals surface area contributed by atoms with Crippen LogP contribution in [0.4, 0.5) is 17.6 Å². The number of carbonyl (C=O) groups is 1. The fraction of sp³-hybridized carbons (Fsp3) is 0.350. The third-order valence-electron chi connectivity index (χ3n) is 4.85. The average Bonchev–Trinajstić information content (AvgIpc) is 2.61. The summed E-state index contributed by atoms with van der Waals surface area (Å²) in [5.74, 6) is -1.09. The van der Waals surface area contributed by atoms with Crippen molar-refractivity contribution in [2.45, 2.75) is 44.5 Å². The van der Waals surface area contributed by atoms with Gasteiger partial charge < -0.3 is 10.5 Å². The average molecular weight is 444 g/mol. The molecule has 0 amide bonds. The molecule has 0 radical (unpaired) electrons. The van der Waals surface area contributed by atoms with Crippen molar-refractivity contribution in [2.75, 3.05) is 0 Å². The standard InChI is InChI=1S/C20H18ClF4N3O2/c1-10-5-12(21)9-27-17(10)15(29)7-11-3-4-14(22)13(6-11)19(2)8-16(20(23,24)25)30-18(26)28-19/h3-6,9,16H,7-8H2,1-2H3,(H2,26,28)/t16-,19-/m0/s1. The summed E-state index contributed by atoms with van der Waals surface area (Å²) in [6.07, 6.45) is -6.34. The third-order valence-corrected chi connectivity index (χ3v) is 5.06. The van der Waals surface area contributed by atoms with Crippen molar-refractivity contribution < 1.29 is 27.1 Å². The Labute approximate surface area is 174 Å². The molecule has 0 saturated carbocycles. The number of aryl methyl sites for hydroxylation is 1. The summed E-state index contributed by atoms with van der Waals surface area (Å²) in [5, 5.41) is 0.384. The lowest BCUT2D eigenvalue weighted by Crippen LogP contribution is -2.46. The Morgan fingerprint density at radius 3 is 2.70 bits per heavy atom. The second kappa shape index (κ2) is 7.86. The van der Waals surface area contributed by atoms with Crippen LogP contribution in [-0.4, -0.2) is 29.1 Å². The second-order valence-corrected chi connectivity index (χ2v) is 7.75. The predicted octanol–water partition coefficient (Wildman–Crippen LogP) is 4.49. The number of nitrogens with zero attached hydrogens (tertiary/aromatic N) is 2. The molecule has 0 aliphatic carbocycles. The fourth-order valence-corrected chi connectivity index (χ4v) is 3.63. The molecule has 0 spiro atoms. The highest BCUT2D eigenvalue weighted by atomic mass is 35.5. The van der Waals surface area contributed by atoms with Crippen LogP contribution >= 0.6 is 11.6 Å². The van der Waals surface area contributed by atoms with Crippen LogP contribution in [0.2, 0.25) is 5.02 Å². The molecule has 10 heteroatoms. The summed E-state index contributed by atoms with van der Waals surface area (Å²) in [6.45, 7) is 3.02. The number of aromatic nitrogens is 1. The first-order chi connectivity index (χ1) is 13.9. The molecule has 2 heterocycles. The van der Waals surface area contributed by atoms with Gasteiger partial charge in [0.05, 0.1) is 10.6 Å². The first-order valence-corrected chi connectivity index (χ1v) is 9.30. The van der Waals surface area contributed by atoms with Crippen molar-refractivity contribution >= 4 is 23.4 Å². The van der Waals surface area contributed by atoms with Crippen molar-refractivity contribution in [3.63, 3.8) is 0 Å². The normalized spacial score (nSPS) is 21.7. The third kappa shape index (κ3) is 4.56. The van der Waals surface area contributed by atoms with Crippen molar-refractivity contribution in [1.29, 1.82) is 0 Å².